The summed E-state index contributed by atoms with van der Waals surface area (Å²) in [5.41, 5.74) is 1.17. The lowest BCUT2D eigenvalue weighted by Gasteiger charge is -2.12. The summed E-state index contributed by atoms with van der Waals surface area (Å²) in [7, 11) is 0. The van der Waals surface area contributed by atoms with Crippen LogP contribution in [0.15, 0.2) is 62.7 Å². The first-order valence-corrected chi connectivity index (χ1v) is 10.5. The van der Waals surface area contributed by atoms with Gasteiger partial charge in [-0.1, -0.05) is 28.1 Å². The highest BCUT2D eigenvalue weighted by atomic mass is 127. The summed E-state index contributed by atoms with van der Waals surface area (Å²) in [5.74, 6) is 1.77. The largest absolute Gasteiger partial charge is 0.469 e. The lowest BCUT2D eigenvalue weighted by molar-refractivity contribution is 0.506. The molecule has 2 aromatic heterocycles. The van der Waals surface area contributed by atoms with Crippen LogP contribution >= 0.6 is 51.2 Å². The van der Waals surface area contributed by atoms with Crippen molar-refractivity contribution in [2.24, 2.45) is 4.99 Å². The minimum atomic E-state index is 0. The Kier molecular flexibility index (Phi) is 10.0. The zero-order valence-electron chi connectivity index (χ0n) is 15.7. The second-order valence-corrected chi connectivity index (χ2v) is 8.32. The van der Waals surface area contributed by atoms with Crippen LogP contribution in [0.3, 0.4) is 0 Å². The number of aryl methyl sites for hydroxylation is 1. The normalized spacial score (nSPS) is 11.1. The predicted molar refractivity (Wildman–Crippen MR) is 130 cm³/mol. The molecule has 0 fully saturated rings. The van der Waals surface area contributed by atoms with E-state index in [0.717, 1.165) is 47.1 Å². The minimum Gasteiger partial charge on any atom is -0.469 e. The van der Waals surface area contributed by atoms with Gasteiger partial charge >= 0.3 is 0 Å². The van der Waals surface area contributed by atoms with E-state index < -0.39 is 0 Å². The Morgan fingerprint density at radius 3 is 2.54 bits per heavy atom. The SMILES string of the molecule is Cc1cnc(CCNC(=NCc2ccc(Br)cc2)NCCc2ccco2)s1.I. The first-order chi connectivity index (χ1) is 13.2. The Labute approximate surface area is 195 Å². The van der Waals surface area contributed by atoms with Crippen LogP contribution in [0.4, 0.5) is 0 Å². The van der Waals surface area contributed by atoms with E-state index in [-0.39, 0.29) is 24.0 Å². The van der Waals surface area contributed by atoms with E-state index in [9.17, 15) is 0 Å². The van der Waals surface area contributed by atoms with Gasteiger partial charge in [0, 0.05) is 41.5 Å². The van der Waals surface area contributed by atoms with E-state index in [1.807, 2.05) is 30.5 Å². The van der Waals surface area contributed by atoms with Gasteiger partial charge in [-0.05, 0) is 36.8 Å². The first kappa shape index (κ1) is 22.9. The van der Waals surface area contributed by atoms with Crippen LogP contribution in [0.5, 0.6) is 0 Å². The number of hydrogen-bond donors (Lipinski definition) is 2. The maximum Gasteiger partial charge on any atom is 0.191 e. The van der Waals surface area contributed by atoms with Gasteiger partial charge in [-0.3, -0.25) is 0 Å². The van der Waals surface area contributed by atoms with Crippen molar-refractivity contribution in [2.45, 2.75) is 26.3 Å². The van der Waals surface area contributed by atoms with Crippen LogP contribution in [0.2, 0.25) is 0 Å². The van der Waals surface area contributed by atoms with Crippen molar-refractivity contribution in [3.63, 3.8) is 0 Å². The molecule has 0 aliphatic carbocycles. The molecule has 2 heterocycles. The maximum absolute atomic E-state index is 5.39. The summed E-state index contributed by atoms with van der Waals surface area (Å²) in [6, 6.07) is 12.1. The Hall–Kier alpha value is -1.39. The van der Waals surface area contributed by atoms with Gasteiger partial charge in [0.2, 0.25) is 0 Å². The third kappa shape index (κ3) is 7.92. The van der Waals surface area contributed by atoms with Gasteiger partial charge in [0.1, 0.15) is 5.76 Å². The van der Waals surface area contributed by atoms with Crippen LogP contribution in [0.1, 0.15) is 21.2 Å². The fourth-order valence-corrected chi connectivity index (χ4v) is 3.55. The molecular weight excluding hydrogens is 551 g/mol. The van der Waals surface area contributed by atoms with Gasteiger partial charge in [0.15, 0.2) is 5.96 Å². The van der Waals surface area contributed by atoms with Crippen molar-refractivity contribution in [2.75, 3.05) is 13.1 Å². The highest BCUT2D eigenvalue weighted by Crippen LogP contribution is 2.12. The Morgan fingerprint density at radius 1 is 1.14 bits per heavy atom. The van der Waals surface area contributed by atoms with Crippen LogP contribution in [-0.2, 0) is 19.4 Å². The second-order valence-electron chi connectivity index (χ2n) is 6.09. The van der Waals surface area contributed by atoms with Crippen molar-refractivity contribution < 1.29 is 4.42 Å². The molecule has 1 aromatic carbocycles. The number of hydrogen-bond acceptors (Lipinski definition) is 4. The molecule has 3 aromatic rings. The van der Waals surface area contributed by atoms with Crippen LogP contribution in [0, 0.1) is 6.92 Å². The molecule has 0 amide bonds. The van der Waals surface area contributed by atoms with Crippen molar-refractivity contribution in [1.82, 2.24) is 15.6 Å². The number of thiazole rings is 1. The van der Waals surface area contributed by atoms with Gasteiger partial charge in [-0.2, -0.15) is 0 Å². The first-order valence-electron chi connectivity index (χ1n) is 8.89. The zero-order valence-corrected chi connectivity index (χ0v) is 20.4. The number of aromatic nitrogens is 1. The molecule has 28 heavy (non-hydrogen) atoms. The topological polar surface area (TPSA) is 62.5 Å². The van der Waals surface area contributed by atoms with Crippen molar-refractivity contribution in [3.8, 4) is 0 Å². The lowest BCUT2D eigenvalue weighted by atomic mass is 10.2. The number of rotatable bonds is 8. The number of nitrogens with one attached hydrogen (secondary N) is 2. The molecule has 0 unspecified atom stereocenters. The summed E-state index contributed by atoms with van der Waals surface area (Å²) in [6.07, 6.45) is 5.32. The van der Waals surface area contributed by atoms with Gasteiger partial charge in [0.25, 0.3) is 0 Å². The summed E-state index contributed by atoms with van der Waals surface area (Å²) in [6.45, 7) is 4.26. The molecule has 150 valence electrons. The molecule has 0 saturated heterocycles. The third-order valence-electron chi connectivity index (χ3n) is 3.88. The Bertz CT molecular complexity index is 849. The van der Waals surface area contributed by atoms with Crippen LogP contribution in [0.25, 0.3) is 0 Å². The fourth-order valence-electron chi connectivity index (χ4n) is 2.50. The summed E-state index contributed by atoms with van der Waals surface area (Å²) < 4.78 is 6.46. The van der Waals surface area contributed by atoms with E-state index in [2.05, 4.69) is 50.6 Å². The highest BCUT2D eigenvalue weighted by Gasteiger charge is 2.03. The number of guanidine groups is 1. The third-order valence-corrected chi connectivity index (χ3v) is 5.38. The monoisotopic (exact) mass is 574 g/mol. The molecule has 0 saturated carbocycles. The number of benzene rings is 1. The molecule has 3 rings (SSSR count). The van der Waals surface area contributed by atoms with Gasteiger partial charge in [0.05, 0.1) is 17.8 Å². The highest BCUT2D eigenvalue weighted by molar-refractivity contribution is 14.0. The average molecular weight is 575 g/mol. The molecule has 0 aliphatic heterocycles. The van der Waals surface area contributed by atoms with Crippen LogP contribution < -0.4 is 10.6 Å². The van der Waals surface area contributed by atoms with Crippen molar-refractivity contribution in [1.29, 1.82) is 0 Å². The fraction of sp³-hybridized carbons (Fsp3) is 0.300. The van der Waals surface area contributed by atoms with Crippen LogP contribution in [-0.4, -0.2) is 24.0 Å². The summed E-state index contributed by atoms with van der Waals surface area (Å²) in [5, 5.41) is 7.93. The van der Waals surface area contributed by atoms with Gasteiger partial charge in [-0.15, -0.1) is 35.3 Å². The van der Waals surface area contributed by atoms with Crippen molar-refractivity contribution in [3.05, 3.63) is 74.5 Å². The molecule has 2 N–H and O–H groups in total. The van der Waals surface area contributed by atoms with Gasteiger partial charge < -0.3 is 15.1 Å². The lowest BCUT2D eigenvalue weighted by Crippen LogP contribution is -2.39. The molecule has 0 radical (unpaired) electrons. The van der Waals surface area contributed by atoms with Crippen molar-refractivity contribution >= 4 is 57.2 Å². The number of nitrogens with zero attached hydrogens (tertiary/aromatic N) is 2. The average Bonchev–Trinajstić information content (AvgIpc) is 3.32. The van der Waals surface area contributed by atoms with E-state index in [1.54, 1.807) is 17.6 Å². The maximum atomic E-state index is 5.39. The molecule has 0 bridgehead atoms. The van der Waals surface area contributed by atoms with E-state index in [0.29, 0.717) is 6.54 Å². The number of halogens is 2. The van der Waals surface area contributed by atoms with E-state index >= 15 is 0 Å². The van der Waals surface area contributed by atoms with Gasteiger partial charge in [-0.25, -0.2) is 9.98 Å². The minimum absolute atomic E-state index is 0. The molecular formula is C20H24BrIN4OS. The molecule has 8 heteroatoms. The molecule has 0 atom stereocenters. The second kappa shape index (κ2) is 12.2. The Morgan fingerprint density at radius 2 is 1.89 bits per heavy atom. The molecule has 0 aliphatic rings. The summed E-state index contributed by atoms with van der Waals surface area (Å²) >= 11 is 5.20. The molecule has 5 nitrogen and oxygen atoms in total. The van der Waals surface area contributed by atoms with E-state index in [4.69, 9.17) is 9.41 Å². The Balaban J connectivity index is 0.00000280. The number of aliphatic imine (C=N–C) groups is 1. The summed E-state index contributed by atoms with van der Waals surface area (Å²) in [4.78, 5) is 10.4. The molecule has 0 spiro atoms. The standard InChI is InChI=1S/C20H23BrN4OS.HI/c1-15-13-24-19(27-15)9-11-23-20(22-10-8-18-3-2-12-26-18)25-14-16-4-6-17(21)7-5-16;/h2-7,12-13H,8-11,14H2,1H3,(H2,22,23,25);1H. The predicted octanol–water partition coefficient (Wildman–Crippen LogP) is 4.95. The number of furan rings is 1. The zero-order chi connectivity index (χ0) is 18.9. The van der Waals surface area contributed by atoms with E-state index in [1.165, 1.54) is 10.4 Å². The quantitative estimate of drug-likeness (QED) is 0.227. The smallest absolute Gasteiger partial charge is 0.191 e.